The smallest absolute Gasteiger partial charge is 0.225 e. The lowest BCUT2D eigenvalue weighted by Crippen LogP contribution is -2.45. The van der Waals surface area contributed by atoms with E-state index in [0.29, 0.717) is 23.6 Å². The molecular weight excluding hydrogens is 264 g/mol. The number of hydrogen-bond acceptors (Lipinski definition) is 3. The highest BCUT2D eigenvalue weighted by Gasteiger charge is 2.35. The molecule has 1 aliphatic carbocycles. The molecule has 0 aromatic heterocycles. The maximum Gasteiger partial charge on any atom is 0.225 e. The van der Waals surface area contributed by atoms with Gasteiger partial charge in [-0.25, -0.2) is 0 Å². The van der Waals surface area contributed by atoms with Gasteiger partial charge < -0.3 is 15.3 Å². The van der Waals surface area contributed by atoms with Crippen LogP contribution in [0.3, 0.4) is 0 Å². The van der Waals surface area contributed by atoms with Crippen LogP contribution >= 0.6 is 0 Å². The molecule has 0 radical (unpaired) electrons. The number of piperidine rings is 1. The summed E-state index contributed by atoms with van der Waals surface area (Å²) in [6, 6.07) is 8.02. The molecule has 114 valence electrons. The van der Waals surface area contributed by atoms with Gasteiger partial charge in [0.05, 0.1) is 0 Å². The normalized spacial score (nSPS) is 21.3. The van der Waals surface area contributed by atoms with Gasteiger partial charge >= 0.3 is 0 Å². The molecule has 1 amide bonds. The number of para-hydroxylation sites is 1. The summed E-state index contributed by atoms with van der Waals surface area (Å²) in [7, 11) is 0. The number of amides is 1. The maximum atomic E-state index is 12.0. The van der Waals surface area contributed by atoms with Crippen LogP contribution in [0.1, 0.15) is 44.2 Å². The number of aromatic hydroxyl groups is 1. The first-order chi connectivity index (χ1) is 10.1. The predicted molar refractivity (Wildman–Crippen MR) is 82.0 cm³/mol. The molecule has 2 fully saturated rings. The van der Waals surface area contributed by atoms with E-state index in [1.165, 1.54) is 0 Å². The van der Waals surface area contributed by atoms with Gasteiger partial charge in [0, 0.05) is 36.7 Å². The van der Waals surface area contributed by atoms with Gasteiger partial charge in [-0.05, 0) is 38.7 Å². The van der Waals surface area contributed by atoms with Crippen molar-refractivity contribution in [3.63, 3.8) is 0 Å². The molecule has 1 saturated heterocycles. The molecule has 1 unspecified atom stereocenters. The maximum absolute atomic E-state index is 12.0. The molecule has 4 nitrogen and oxygen atoms in total. The van der Waals surface area contributed by atoms with E-state index < -0.39 is 0 Å². The second-order valence-electron chi connectivity index (χ2n) is 6.32. The number of phenols is 1. The molecule has 0 spiro atoms. The zero-order valence-corrected chi connectivity index (χ0v) is 12.6. The van der Waals surface area contributed by atoms with E-state index in [0.717, 1.165) is 44.3 Å². The first-order valence-electron chi connectivity index (χ1n) is 7.98. The number of hydrogen-bond donors (Lipinski definition) is 2. The SMILES string of the molecule is CC(NC1CCN(C(=O)C2CC2)CC1)c1ccccc1O. The fourth-order valence-corrected chi connectivity index (χ4v) is 3.15. The predicted octanol–water partition coefficient (Wildman–Crippen LogP) is 2.44. The molecule has 1 aromatic rings. The van der Waals surface area contributed by atoms with Gasteiger partial charge in [-0.2, -0.15) is 0 Å². The first kappa shape index (κ1) is 14.4. The van der Waals surface area contributed by atoms with E-state index in [4.69, 9.17) is 0 Å². The molecule has 3 rings (SSSR count). The van der Waals surface area contributed by atoms with Crippen LogP contribution in [0.15, 0.2) is 24.3 Å². The standard InChI is InChI=1S/C17H24N2O2/c1-12(15-4-2-3-5-16(15)20)18-14-8-10-19(11-9-14)17(21)13-6-7-13/h2-5,12-14,18,20H,6-11H2,1H3. The van der Waals surface area contributed by atoms with Crippen molar-refractivity contribution in [1.29, 1.82) is 0 Å². The minimum Gasteiger partial charge on any atom is -0.508 e. The molecule has 1 atom stereocenters. The van der Waals surface area contributed by atoms with Crippen LogP contribution in [0, 0.1) is 5.92 Å². The fraction of sp³-hybridized carbons (Fsp3) is 0.588. The Morgan fingerprint density at radius 1 is 1.24 bits per heavy atom. The molecule has 1 saturated carbocycles. The van der Waals surface area contributed by atoms with E-state index in [-0.39, 0.29) is 6.04 Å². The third-order valence-corrected chi connectivity index (χ3v) is 4.62. The number of rotatable bonds is 4. The van der Waals surface area contributed by atoms with Crippen LogP contribution in [0.2, 0.25) is 0 Å². The number of phenolic OH excluding ortho intramolecular Hbond substituents is 1. The molecular formula is C17H24N2O2. The van der Waals surface area contributed by atoms with Crippen molar-refractivity contribution in [1.82, 2.24) is 10.2 Å². The first-order valence-corrected chi connectivity index (χ1v) is 7.98. The topological polar surface area (TPSA) is 52.6 Å². The number of benzene rings is 1. The summed E-state index contributed by atoms with van der Waals surface area (Å²) in [6.45, 7) is 3.80. The van der Waals surface area contributed by atoms with Crippen LogP contribution in [0.4, 0.5) is 0 Å². The minimum atomic E-state index is 0.127. The van der Waals surface area contributed by atoms with Crippen LogP contribution in [0.25, 0.3) is 0 Å². The summed E-state index contributed by atoms with van der Waals surface area (Å²) in [6.07, 6.45) is 4.16. The molecule has 2 aliphatic rings. The molecule has 1 heterocycles. The highest BCUT2D eigenvalue weighted by molar-refractivity contribution is 5.81. The Bertz CT molecular complexity index is 505. The summed E-state index contributed by atoms with van der Waals surface area (Å²) in [5.74, 6) is 1.04. The van der Waals surface area contributed by atoms with E-state index in [1.807, 2.05) is 23.1 Å². The molecule has 2 N–H and O–H groups in total. The Morgan fingerprint density at radius 3 is 2.52 bits per heavy atom. The number of nitrogens with zero attached hydrogens (tertiary/aromatic N) is 1. The summed E-state index contributed by atoms with van der Waals surface area (Å²) in [5, 5.41) is 13.5. The van der Waals surface area contributed by atoms with Crippen LogP contribution in [-0.4, -0.2) is 35.0 Å². The van der Waals surface area contributed by atoms with E-state index in [9.17, 15) is 9.90 Å². The van der Waals surface area contributed by atoms with Crippen molar-refractivity contribution < 1.29 is 9.90 Å². The van der Waals surface area contributed by atoms with E-state index in [1.54, 1.807) is 6.07 Å². The third-order valence-electron chi connectivity index (χ3n) is 4.62. The van der Waals surface area contributed by atoms with Gasteiger partial charge in [-0.1, -0.05) is 18.2 Å². The van der Waals surface area contributed by atoms with E-state index in [2.05, 4.69) is 12.2 Å². The third kappa shape index (κ3) is 3.38. The Morgan fingerprint density at radius 2 is 1.90 bits per heavy atom. The lowest BCUT2D eigenvalue weighted by atomic mass is 10.0. The summed E-state index contributed by atoms with van der Waals surface area (Å²) < 4.78 is 0. The Hall–Kier alpha value is -1.55. The number of nitrogens with one attached hydrogen (secondary N) is 1. The minimum absolute atomic E-state index is 0.127. The average Bonchev–Trinajstić information content (AvgIpc) is 3.32. The quantitative estimate of drug-likeness (QED) is 0.895. The van der Waals surface area contributed by atoms with Crippen LogP contribution in [-0.2, 0) is 4.79 Å². The summed E-state index contributed by atoms with van der Waals surface area (Å²) in [4.78, 5) is 14.1. The lowest BCUT2D eigenvalue weighted by molar-refractivity contribution is -0.133. The van der Waals surface area contributed by atoms with Crippen molar-refractivity contribution >= 4 is 5.91 Å². The molecule has 4 heteroatoms. The highest BCUT2D eigenvalue weighted by atomic mass is 16.3. The number of likely N-dealkylation sites (tertiary alicyclic amines) is 1. The zero-order valence-electron chi connectivity index (χ0n) is 12.6. The van der Waals surface area contributed by atoms with Crippen molar-refractivity contribution in [2.24, 2.45) is 5.92 Å². The van der Waals surface area contributed by atoms with Crippen molar-refractivity contribution in [2.75, 3.05) is 13.1 Å². The van der Waals surface area contributed by atoms with Gasteiger partial charge in [-0.15, -0.1) is 0 Å². The number of carbonyl (C=O) groups is 1. The lowest BCUT2D eigenvalue weighted by Gasteiger charge is -2.34. The average molecular weight is 288 g/mol. The van der Waals surface area contributed by atoms with Crippen molar-refractivity contribution in [3.05, 3.63) is 29.8 Å². The second-order valence-corrected chi connectivity index (χ2v) is 6.32. The zero-order chi connectivity index (χ0) is 14.8. The molecule has 0 bridgehead atoms. The van der Waals surface area contributed by atoms with Gasteiger partial charge in [-0.3, -0.25) is 4.79 Å². The molecule has 1 aromatic carbocycles. The largest absolute Gasteiger partial charge is 0.508 e. The second kappa shape index (κ2) is 6.06. The van der Waals surface area contributed by atoms with Gasteiger partial charge in [0.1, 0.15) is 5.75 Å². The number of carbonyl (C=O) groups excluding carboxylic acids is 1. The fourth-order valence-electron chi connectivity index (χ4n) is 3.15. The van der Waals surface area contributed by atoms with Crippen molar-refractivity contribution in [3.8, 4) is 5.75 Å². The molecule has 1 aliphatic heterocycles. The van der Waals surface area contributed by atoms with Gasteiger partial charge in [0.25, 0.3) is 0 Å². The monoisotopic (exact) mass is 288 g/mol. The molecule has 21 heavy (non-hydrogen) atoms. The van der Waals surface area contributed by atoms with E-state index >= 15 is 0 Å². The van der Waals surface area contributed by atoms with Crippen molar-refractivity contribution in [2.45, 2.75) is 44.7 Å². The van der Waals surface area contributed by atoms with Crippen LogP contribution < -0.4 is 5.32 Å². The Kier molecular flexibility index (Phi) is 4.15. The summed E-state index contributed by atoms with van der Waals surface area (Å²) in [5.41, 5.74) is 0.939. The summed E-state index contributed by atoms with van der Waals surface area (Å²) >= 11 is 0. The van der Waals surface area contributed by atoms with Crippen LogP contribution in [0.5, 0.6) is 5.75 Å². The highest BCUT2D eigenvalue weighted by Crippen LogP contribution is 2.32. The Balaban J connectivity index is 1.51. The van der Waals surface area contributed by atoms with Gasteiger partial charge in [0.2, 0.25) is 5.91 Å². The Labute approximate surface area is 126 Å². The van der Waals surface area contributed by atoms with Gasteiger partial charge in [0.15, 0.2) is 0 Å².